The van der Waals surface area contributed by atoms with Crippen molar-refractivity contribution in [2.45, 2.75) is 103 Å². The average molecular weight is 950 g/mol. The lowest BCUT2D eigenvalue weighted by Crippen LogP contribution is -2.37. The van der Waals surface area contributed by atoms with Gasteiger partial charge in [0.15, 0.2) is 11.5 Å². The number of ketones is 1. The van der Waals surface area contributed by atoms with Gasteiger partial charge in [0.2, 0.25) is 5.91 Å². The number of ether oxygens (including phenoxy) is 3. The van der Waals surface area contributed by atoms with Gasteiger partial charge in [-0.15, -0.1) is 0 Å². The van der Waals surface area contributed by atoms with Crippen molar-refractivity contribution in [3.8, 4) is 17.2 Å². The number of aryl methyl sites for hydroxylation is 1. The molecular formula is C54H55N5O7S2. The van der Waals surface area contributed by atoms with Crippen LogP contribution in [0.4, 0.5) is 28.4 Å². The number of methoxy groups -OCH3 is 1. The van der Waals surface area contributed by atoms with Crippen LogP contribution in [0.5, 0.6) is 17.2 Å². The highest BCUT2D eigenvalue weighted by molar-refractivity contribution is 8.77. The Hall–Kier alpha value is -6.38. The molecule has 0 aromatic heterocycles. The van der Waals surface area contributed by atoms with Crippen LogP contribution in [0.2, 0.25) is 0 Å². The van der Waals surface area contributed by atoms with Crippen molar-refractivity contribution in [2.24, 2.45) is 9.98 Å². The molecule has 12 nitrogen and oxygen atoms in total. The second-order valence-corrected chi connectivity index (χ2v) is 21.3. The largest absolute Gasteiger partial charge is 0.493 e. The van der Waals surface area contributed by atoms with Gasteiger partial charge in [0, 0.05) is 84.2 Å². The van der Waals surface area contributed by atoms with Crippen LogP contribution in [-0.2, 0) is 35.6 Å². The Kier molecular flexibility index (Phi) is 13.8. The lowest BCUT2D eigenvalue weighted by Gasteiger charge is -2.23. The molecule has 350 valence electrons. The van der Waals surface area contributed by atoms with E-state index in [1.54, 1.807) is 45.7 Å². The molecule has 0 saturated carbocycles. The Morgan fingerprint density at radius 3 is 1.93 bits per heavy atom. The van der Waals surface area contributed by atoms with Crippen LogP contribution in [-0.4, -0.2) is 65.6 Å². The van der Waals surface area contributed by atoms with Crippen LogP contribution in [0, 0.1) is 6.92 Å². The first-order chi connectivity index (χ1) is 32.9. The molecule has 4 aliphatic heterocycles. The van der Waals surface area contributed by atoms with Crippen LogP contribution in [0.25, 0.3) is 0 Å². The molecule has 4 aliphatic rings. The molecule has 14 heteroatoms. The summed E-state index contributed by atoms with van der Waals surface area (Å²) in [5, 5.41) is 3.13. The molecule has 3 amide bonds. The fourth-order valence-corrected chi connectivity index (χ4v) is 11.8. The van der Waals surface area contributed by atoms with Crippen LogP contribution >= 0.6 is 21.6 Å². The molecule has 0 radical (unpaired) electrons. The number of carbonyl (C=O) groups is 4. The minimum Gasteiger partial charge on any atom is -0.493 e. The number of amides is 3. The zero-order valence-corrected chi connectivity index (χ0v) is 40.6. The minimum atomic E-state index is -0.195. The molecule has 68 heavy (non-hydrogen) atoms. The number of hydrogen-bond donors (Lipinski definition) is 1. The third-order valence-electron chi connectivity index (χ3n) is 12.7. The molecule has 0 bridgehead atoms. The summed E-state index contributed by atoms with van der Waals surface area (Å²) in [7, 11) is 5.04. The molecule has 4 heterocycles. The molecule has 5 aromatic rings. The van der Waals surface area contributed by atoms with Crippen LogP contribution in [0.15, 0.2) is 101 Å². The number of benzene rings is 5. The number of nitrogens with one attached hydrogen (secondary N) is 1. The van der Waals surface area contributed by atoms with Crippen molar-refractivity contribution < 1.29 is 33.4 Å². The number of hydrogen-bond acceptors (Lipinski definition) is 11. The zero-order chi connectivity index (χ0) is 47.5. The van der Waals surface area contributed by atoms with Crippen molar-refractivity contribution >= 4 is 86.0 Å². The highest BCUT2D eigenvalue weighted by atomic mass is 33.1. The third kappa shape index (κ3) is 10.1. The van der Waals surface area contributed by atoms with E-state index in [2.05, 4.69) is 25.2 Å². The number of fused-ring (bicyclic) bond motifs is 8. The van der Waals surface area contributed by atoms with Gasteiger partial charge in [-0.25, -0.2) is 0 Å². The first-order valence-corrected chi connectivity index (χ1v) is 25.5. The predicted octanol–water partition coefficient (Wildman–Crippen LogP) is 11.4. The Morgan fingerprint density at radius 2 is 1.32 bits per heavy atom. The van der Waals surface area contributed by atoms with Crippen LogP contribution in [0.3, 0.4) is 0 Å². The molecule has 0 unspecified atom stereocenters. The average Bonchev–Trinajstić information content (AvgIpc) is 3.83. The van der Waals surface area contributed by atoms with Gasteiger partial charge in [-0.1, -0.05) is 64.9 Å². The second-order valence-electron chi connectivity index (χ2n) is 18.2. The van der Waals surface area contributed by atoms with Crippen LogP contribution < -0.4 is 29.3 Å². The van der Waals surface area contributed by atoms with Gasteiger partial charge in [0.25, 0.3) is 11.8 Å². The van der Waals surface area contributed by atoms with Crippen molar-refractivity contribution in [3.05, 3.63) is 130 Å². The summed E-state index contributed by atoms with van der Waals surface area (Å²) < 4.78 is 18.6. The highest BCUT2D eigenvalue weighted by Crippen LogP contribution is 2.43. The first-order valence-electron chi connectivity index (χ1n) is 23.2. The maximum absolute atomic E-state index is 14.0. The van der Waals surface area contributed by atoms with Gasteiger partial charge in [0.05, 0.1) is 41.7 Å². The van der Waals surface area contributed by atoms with Crippen molar-refractivity contribution in [1.29, 1.82) is 0 Å². The van der Waals surface area contributed by atoms with Gasteiger partial charge in [-0.3, -0.25) is 39.0 Å². The van der Waals surface area contributed by atoms with Gasteiger partial charge >= 0.3 is 0 Å². The summed E-state index contributed by atoms with van der Waals surface area (Å²) in [5.41, 5.74) is 8.94. The number of para-hydroxylation sites is 2. The van der Waals surface area contributed by atoms with E-state index >= 15 is 0 Å². The standard InChI is InChI=1S/C54H55N5O7S2/c1-6-41(60)14-11-19-67-68-54(3,4)18-17-51(61)57-38-22-34(31-65-48-27-44-42(20-33(48)2)52(62)58-39(29-55-44)24-36-12-7-9-15-46(36)58)21-35(23-38)32-66-50-28-45-43(26-49(50)64-5)53(63)59-40(30-56-45)25-37-13-8-10-16-47(37)59/h7-10,12-13,15-16,20-23,26-30,39-40H,6,11,14,17-19,24-25,31-32H2,1-5H3,(H,57,61)/t39-,40-/m0/s1. The van der Waals surface area contributed by atoms with Crippen molar-refractivity contribution in [1.82, 2.24) is 0 Å². The quantitative estimate of drug-likeness (QED) is 0.0672. The van der Waals surface area contributed by atoms with E-state index in [9.17, 15) is 19.2 Å². The van der Waals surface area contributed by atoms with E-state index in [4.69, 9.17) is 24.2 Å². The number of nitrogens with zero attached hydrogens (tertiary/aromatic N) is 4. The van der Waals surface area contributed by atoms with Gasteiger partial charge in [-0.05, 0) is 104 Å². The SMILES string of the molecule is CCC(=O)CCCSSC(C)(C)CCC(=O)Nc1cc(COc2cc3c(cc2C)C(=O)N2c4ccccc4C[C@H]2C=N3)cc(COc2cc3c(cc2OC)C(=O)N2c4ccccc4C[C@H]2C=N3)c1. The van der Waals surface area contributed by atoms with E-state index in [0.29, 0.717) is 84.0 Å². The Balaban J connectivity index is 0.928. The van der Waals surface area contributed by atoms with Crippen molar-refractivity contribution in [3.63, 3.8) is 0 Å². The van der Waals surface area contributed by atoms with Crippen LogP contribution in [0.1, 0.15) is 101 Å². The van der Waals surface area contributed by atoms with E-state index in [1.807, 2.05) is 104 Å². The fourth-order valence-electron chi connectivity index (χ4n) is 9.10. The Labute approximate surface area is 405 Å². The highest BCUT2D eigenvalue weighted by Gasteiger charge is 2.38. The number of carbonyl (C=O) groups excluding carboxylic acids is 4. The Morgan fingerprint density at radius 1 is 0.750 bits per heavy atom. The normalized spacial score (nSPS) is 16.5. The third-order valence-corrected chi connectivity index (χ3v) is 16.1. The van der Waals surface area contributed by atoms with E-state index in [1.165, 1.54) is 0 Å². The monoisotopic (exact) mass is 949 g/mol. The second kappa shape index (κ2) is 20.1. The zero-order valence-electron chi connectivity index (χ0n) is 39.0. The summed E-state index contributed by atoms with van der Waals surface area (Å²) >= 11 is 0. The number of Topliss-reactive ketones (excluding diaryl/α,β-unsaturated/α-hetero) is 1. The lowest BCUT2D eigenvalue weighted by atomic mass is 10.1. The number of aliphatic imine (C=N–C) groups is 2. The number of anilines is 3. The molecule has 0 saturated heterocycles. The molecule has 1 N–H and O–H groups in total. The van der Waals surface area contributed by atoms with Crippen molar-refractivity contribution in [2.75, 3.05) is 28.0 Å². The summed E-state index contributed by atoms with van der Waals surface area (Å²) in [4.78, 5) is 66.5. The lowest BCUT2D eigenvalue weighted by molar-refractivity contribution is -0.119. The van der Waals surface area contributed by atoms with Gasteiger partial charge < -0.3 is 19.5 Å². The van der Waals surface area contributed by atoms with Gasteiger partial charge in [-0.2, -0.15) is 0 Å². The molecular weight excluding hydrogens is 895 g/mol. The topological polar surface area (TPSA) is 139 Å². The Bertz CT molecular complexity index is 2860. The summed E-state index contributed by atoms with van der Waals surface area (Å²) in [5.74, 6) is 2.21. The smallest absolute Gasteiger partial charge is 0.261 e. The fraction of sp³-hybridized carbons (Fsp3) is 0.333. The summed E-state index contributed by atoms with van der Waals surface area (Å²) in [6, 6.07) is 28.4. The minimum absolute atomic E-state index is 0.0911. The molecule has 0 spiro atoms. The molecule has 2 atom stereocenters. The van der Waals surface area contributed by atoms with E-state index in [0.717, 1.165) is 51.4 Å². The predicted molar refractivity (Wildman–Crippen MR) is 274 cm³/mol. The van der Waals surface area contributed by atoms with Gasteiger partial charge in [0.1, 0.15) is 24.7 Å². The van der Waals surface area contributed by atoms with E-state index in [-0.39, 0.29) is 53.5 Å². The summed E-state index contributed by atoms with van der Waals surface area (Å²) in [6.45, 7) is 8.34. The first kappa shape index (κ1) is 46.7. The number of rotatable bonds is 18. The maximum atomic E-state index is 14.0. The van der Waals surface area contributed by atoms with E-state index < -0.39 is 0 Å². The maximum Gasteiger partial charge on any atom is 0.261 e. The molecule has 9 rings (SSSR count). The molecule has 0 fully saturated rings. The molecule has 5 aromatic carbocycles. The molecule has 0 aliphatic carbocycles. The summed E-state index contributed by atoms with van der Waals surface area (Å²) in [6.07, 6.45) is 8.07.